The smallest absolute Gasteiger partial charge is 0.163 e. The first kappa shape index (κ1) is 79.9. The summed E-state index contributed by atoms with van der Waals surface area (Å²) in [6.07, 6.45) is 12.0. The van der Waals surface area contributed by atoms with Crippen LogP contribution in [0, 0.1) is 19.3 Å². The number of carbonyl (C=O) groups is 4. The first-order valence-electron chi connectivity index (χ1n) is 33.3. The summed E-state index contributed by atoms with van der Waals surface area (Å²) in [7, 11) is 0. The first-order valence-corrected chi connectivity index (χ1v) is 33.3. The molecule has 484 valence electrons. The van der Waals surface area contributed by atoms with E-state index in [2.05, 4.69) is 183 Å². The van der Waals surface area contributed by atoms with Crippen LogP contribution in [0.2, 0.25) is 0 Å². The summed E-state index contributed by atoms with van der Waals surface area (Å²) in [5, 5.41) is 5.47. The largest absolute Gasteiger partial charge is 0.364 e. The lowest BCUT2D eigenvalue weighted by atomic mass is 9.89. The highest BCUT2D eigenvalue weighted by Crippen LogP contribution is 2.44. The minimum Gasteiger partial charge on any atom is -0.364 e. The fourth-order valence-electron chi connectivity index (χ4n) is 9.95. The van der Waals surface area contributed by atoms with Crippen LogP contribution in [0.4, 0.5) is 5.69 Å². The predicted octanol–water partition coefficient (Wildman–Crippen LogP) is 23.4. The number of rotatable bonds is 10. The number of ketones is 4. The van der Waals surface area contributed by atoms with Crippen molar-refractivity contribution in [2.24, 2.45) is 5.41 Å². The molecule has 0 fully saturated rings. The number of likely N-dealkylation sites (N-methyl/N-ethyl adjacent to an activating group) is 1. The number of aryl methyl sites for hydroxylation is 4. The van der Waals surface area contributed by atoms with Crippen molar-refractivity contribution >= 4 is 78.5 Å². The van der Waals surface area contributed by atoms with Gasteiger partial charge in [0.1, 0.15) is 17.3 Å². The van der Waals surface area contributed by atoms with E-state index in [-0.39, 0.29) is 28.5 Å². The van der Waals surface area contributed by atoms with Gasteiger partial charge in [-0.25, -0.2) is 0 Å². The number of benzene rings is 7. The van der Waals surface area contributed by atoms with Gasteiger partial charge in [-0.05, 0) is 116 Å². The van der Waals surface area contributed by atoms with Gasteiger partial charge in [0, 0.05) is 105 Å². The highest BCUT2D eigenvalue weighted by molar-refractivity contribution is 6.09. The maximum Gasteiger partial charge on any atom is 0.163 e. The zero-order chi connectivity index (χ0) is 67.9. The second kappa shape index (κ2) is 43.5. The van der Waals surface area contributed by atoms with Crippen LogP contribution in [0.5, 0.6) is 0 Å². The van der Waals surface area contributed by atoms with Gasteiger partial charge < -0.3 is 18.8 Å². The molecule has 0 saturated carbocycles. The van der Waals surface area contributed by atoms with E-state index in [1.165, 1.54) is 78.5 Å². The van der Waals surface area contributed by atoms with Gasteiger partial charge in [-0.15, -0.1) is 0 Å². The van der Waals surface area contributed by atoms with E-state index < -0.39 is 0 Å². The Morgan fingerprint density at radius 3 is 1.33 bits per heavy atom. The molecule has 0 spiro atoms. The van der Waals surface area contributed by atoms with Crippen LogP contribution in [0.3, 0.4) is 0 Å². The van der Waals surface area contributed by atoms with Gasteiger partial charge in [-0.2, -0.15) is 0 Å². The van der Waals surface area contributed by atoms with Crippen LogP contribution in [-0.4, -0.2) is 44.9 Å². The zero-order valence-electron chi connectivity index (χ0n) is 59.4. The molecule has 2 aliphatic rings. The van der Waals surface area contributed by atoms with E-state index in [4.69, 9.17) is 0 Å². The number of Topliss-reactive ketones (excluding diaryl/α,β-unsaturated/α-hetero) is 4. The van der Waals surface area contributed by atoms with E-state index in [0.717, 1.165) is 25.2 Å². The Balaban J connectivity index is 0.000000532. The standard InChI is InChI=1S/C15H17N.2C15H15N.C11H12O2.C11H12O.C6H12O.5C2H6/c3*1-3-16-14-7-5-4-6-12(14)13-10-11(2)8-9-15(13)16;1-9(12)7-8-11(13)10-5-3-2-4-6-10;1-10(12)6-5-9-11-7-3-2-4-8-11;1-5(7)6(2,3)4;5*1-2/h4-10,13,15H,3H2,1-2H3;2*4-10H,3H2,1-2H3;2-6H,7-8H2,1H3;2-5,7-9H,6H2,1H3;1-4H3;5*1-2H3/b;;;;9-5+;;;;;;. The van der Waals surface area contributed by atoms with Crippen molar-refractivity contribution < 1.29 is 19.2 Å². The highest BCUT2D eigenvalue weighted by Gasteiger charge is 2.35. The number of para-hydroxylation sites is 3. The number of hydrogen-bond acceptors (Lipinski definition) is 5. The lowest BCUT2D eigenvalue weighted by Gasteiger charge is -2.27. The SMILES string of the molecule is CC.CC.CC.CC.CC.CC(=O)C(C)(C)C.CC(=O)C/C=C/c1ccccc1.CC(=O)CCC(=O)c1ccccc1.CCN1c2ccccc2C2C=C(C)C=CC21.CCn1c2ccccc2c2cc(C)ccc21.CCn1c2ccccc2c2cc(C)ccc21. The molecule has 7 nitrogen and oxygen atoms in total. The van der Waals surface area contributed by atoms with Gasteiger partial charge in [-0.1, -0.05) is 264 Å². The maximum absolute atomic E-state index is 11.4. The van der Waals surface area contributed by atoms with Crippen molar-refractivity contribution in [1.29, 1.82) is 0 Å². The number of allylic oxidation sites excluding steroid dienone is 3. The van der Waals surface area contributed by atoms with Crippen LogP contribution in [0.1, 0.15) is 196 Å². The van der Waals surface area contributed by atoms with E-state index in [9.17, 15) is 19.2 Å². The van der Waals surface area contributed by atoms with Crippen LogP contribution < -0.4 is 4.90 Å². The van der Waals surface area contributed by atoms with Crippen molar-refractivity contribution in [2.75, 3.05) is 11.4 Å². The molecule has 0 saturated heterocycles. The van der Waals surface area contributed by atoms with E-state index >= 15 is 0 Å². The molecule has 1 aliphatic heterocycles. The third kappa shape index (κ3) is 24.3. The molecule has 0 N–H and O–H groups in total. The van der Waals surface area contributed by atoms with Crippen LogP contribution in [0.15, 0.2) is 200 Å². The summed E-state index contributed by atoms with van der Waals surface area (Å²) >= 11 is 0. The first-order chi connectivity index (χ1) is 43.4. The average molecular weight is 1220 g/mol. The summed E-state index contributed by atoms with van der Waals surface area (Å²) in [6, 6.07) is 59.0. The molecule has 0 amide bonds. The van der Waals surface area contributed by atoms with Crippen molar-refractivity contribution in [3.05, 3.63) is 228 Å². The van der Waals surface area contributed by atoms with Crippen LogP contribution >= 0.6 is 0 Å². The molecule has 0 bridgehead atoms. The summed E-state index contributed by atoms with van der Waals surface area (Å²) in [6.45, 7) is 46.7. The molecule has 3 heterocycles. The topological polar surface area (TPSA) is 81.4 Å². The van der Waals surface area contributed by atoms with Crippen LogP contribution in [-0.2, 0) is 27.5 Å². The lowest BCUT2D eigenvalue weighted by Crippen LogP contribution is -2.32. The lowest BCUT2D eigenvalue weighted by molar-refractivity contribution is -0.124. The fraction of sp³-hybridized carbons (Fsp3) is 0.373. The molecular formula is C83H113N3O4. The number of anilines is 1. The maximum atomic E-state index is 11.4. The van der Waals surface area contributed by atoms with Crippen molar-refractivity contribution in [2.45, 2.75) is 197 Å². The number of aromatic nitrogens is 2. The number of hydrogen-bond donors (Lipinski definition) is 0. The van der Waals surface area contributed by atoms with Gasteiger partial charge >= 0.3 is 0 Å². The van der Waals surface area contributed by atoms with Crippen molar-refractivity contribution in [3.8, 4) is 0 Å². The number of fused-ring (bicyclic) bond motifs is 9. The van der Waals surface area contributed by atoms with Gasteiger partial charge in [0.15, 0.2) is 5.78 Å². The molecule has 11 rings (SSSR count). The third-order valence-electron chi connectivity index (χ3n) is 14.5. The molecule has 1 aliphatic carbocycles. The Labute approximate surface area is 545 Å². The van der Waals surface area contributed by atoms with E-state index in [1.807, 2.05) is 151 Å². The Bertz CT molecular complexity index is 3500. The Morgan fingerprint density at radius 2 is 0.900 bits per heavy atom. The predicted molar refractivity (Wildman–Crippen MR) is 397 cm³/mol. The van der Waals surface area contributed by atoms with Crippen molar-refractivity contribution in [1.82, 2.24) is 9.13 Å². The fourth-order valence-corrected chi connectivity index (χ4v) is 9.95. The zero-order valence-corrected chi connectivity index (χ0v) is 59.4. The van der Waals surface area contributed by atoms with Crippen LogP contribution in [0.25, 0.3) is 49.7 Å². The Morgan fingerprint density at radius 1 is 0.478 bits per heavy atom. The minimum atomic E-state index is -0.139. The van der Waals surface area contributed by atoms with Crippen molar-refractivity contribution in [3.63, 3.8) is 0 Å². The molecule has 2 atom stereocenters. The number of nitrogens with zero attached hydrogens (tertiary/aromatic N) is 3. The summed E-state index contributed by atoms with van der Waals surface area (Å²) in [5.74, 6) is 1.09. The average Bonchev–Trinajstić information content (AvgIpc) is 1.65. The summed E-state index contributed by atoms with van der Waals surface area (Å²) in [5.41, 5.74) is 14.0. The second-order valence-electron chi connectivity index (χ2n) is 21.7. The van der Waals surface area contributed by atoms with Gasteiger partial charge in [0.25, 0.3) is 0 Å². The molecule has 2 aromatic heterocycles. The van der Waals surface area contributed by atoms with E-state index in [0.29, 0.717) is 36.8 Å². The summed E-state index contributed by atoms with van der Waals surface area (Å²) in [4.78, 5) is 45.6. The second-order valence-corrected chi connectivity index (χ2v) is 21.7. The summed E-state index contributed by atoms with van der Waals surface area (Å²) < 4.78 is 4.76. The molecule has 2 unspecified atom stereocenters. The van der Waals surface area contributed by atoms with Gasteiger partial charge in [-0.3, -0.25) is 14.4 Å². The molecule has 7 heteroatoms. The molecule has 9 aromatic rings. The van der Waals surface area contributed by atoms with Gasteiger partial charge in [0.2, 0.25) is 0 Å². The van der Waals surface area contributed by atoms with E-state index in [1.54, 1.807) is 26.0 Å². The normalized spacial score (nSPS) is 12.7. The molecule has 7 aromatic carbocycles. The van der Waals surface area contributed by atoms with Gasteiger partial charge in [0.05, 0.1) is 6.04 Å². The third-order valence-corrected chi connectivity index (χ3v) is 14.5. The Kier molecular flexibility index (Phi) is 38.6. The molecular weight excluding hydrogens is 1100 g/mol. The monoisotopic (exact) mass is 1220 g/mol. The quantitative estimate of drug-likeness (QED) is 0.127. The number of carbonyl (C=O) groups excluding carboxylic acids is 4. The molecule has 0 radical (unpaired) electrons. The Hall–Kier alpha value is -8.16. The molecule has 90 heavy (non-hydrogen) atoms. The minimum absolute atomic E-state index is 0.0378. The highest BCUT2D eigenvalue weighted by atomic mass is 16.1.